The Morgan fingerprint density at radius 3 is 2.52 bits per heavy atom. The van der Waals surface area contributed by atoms with Crippen molar-refractivity contribution in [3.63, 3.8) is 0 Å². The van der Waals surface area contributed by atoms with Gasteiger partial charge in [-0.25, -0.2) is 0 Å². The molecule has 0 aliphatic carbocycles. The maximum Gasteiger partial charge on any atom is 0.119 e. The van der Waals surface area contributed by atoms with Crippen LogP contribution in [0.5, 0.6) is 5.75 Å². The first kappa shape index (κ1) is 15.9. The van der Waals surface area contributed by atoms with Gasteiger partial charge in [-0.1, -0.05) is 51.1 Å². The molecule has 1 aliphatic heterocycles. The molecular formula is C21H27NO. The van der Waals surface area contributed by atoms with Crippen LogP contribution in [0.2, 0.25) is 0 Å². The van der Waals surface area contributed by atoms with E-state index in [0.717, 1.165) is 25.3 Å². The molecule has 1 atom stereocenters. The third-order valence-corrected chi connectivity index (χ3v) is 5.06. The van der Waals surface area contributed by atoms with Gasteiger partial charge in [0.15, 0.2) is 0 Å². The highest BCUT2D eigenvalue weighted by Crippen LogP contribution is 2.43. The highest BCUT2D eigenvalue weighted by atomic mass is 16.5. The van der Waals surface area contributed by atoms with Gasteiger partial charge >= 0.3 is 0 Å². The molecule has 0 N–H and O–H groups in total. The van der Waals surface area contributed by atoms with Crippen LogP contribution in [0, 0.1) is 0 Å². The predicted octanol–water partition coefficient (Wildman–Crippen LogP) is 4.99. The van der Waals surface area contributed by atoms with Gasteiger partial charge < -0.3 is 9.64 Å². The lowest BCUT2D eigenvalue weighted by Crippen LogP contribution is -2.31. The number of anilines is 1. The summed E-state index contributed by atoms with van der Waals surface area (Å²) < 4.78 is 5.42. The fraction of sp³-hybridized carbons (Fsp3) is 0.429. The number of rotatable bonds is 5. The third-order valence-electron chi connectivity index (χ3n) is 5.06. The van der Waals surface area contributed by atoms with Crippen LogP contribution in [0.3, 0.4) is 0 Å². The largest absolute Gasteiger partial charge is 0.497 e. The van der Waals surface area contributed by atoms with Gasteiger partial charge in [0.1, 0.15) is 5.75 Å². The molecule has 1 unspecified atom stereocenters. The van der Waals surface area contributed by atoms with Gasteiger partial charge in [-0.2, -0.15) is 0 Å². The summed E-state index contributed by atoms with van der Waals surface area (Å²) in [5.41, 5.74) is 4.37. The molecular weight excluding hydrogens is 282 g/mol. The Balaban J connectivity index is 1.88. The van der Waals surface area contributed by atoms with Crippen LogP contribution in [-0.2, 0) is 5.41 Å². The Bertz CT molecular complexity index is 663. The first-order valence-electron chi connectivity index (χ1n) is 8.53. The number of methoxy groups -OCH3 is 1. The summed E-state index contributed by atoms with van der Waals surface area (Å²) in [4.78, 5) is 2.55. The van der Waals surface area contributed by atoms with Crippen molar-refractivity contribution in [3.05, 3.63) is 59.7 Å². The molecule has 122 valence electrons. The van der Waals surface area contributed by atoms with Crippen molar-refractivity contribution >= 4 is 5.69 Å². The zero-order chi connectivity index (χ0) is 16.4. The minimum absolute atomic E-state index is 0.166. The van der Waals surface area contributed by atoms with Gasteiger partial charge in [0, 0.05) is 30.1 Å². The van der Waals surface area contributed by atoms with E-state index in [1.165, 1.54) is 16.8 Å². The van der Waals surface area contributed by atoms with Gasteiger partial charge in [-0.3, -0.25) is 0 Å². The fourth-order valence-electron chi connectivity index (χ4n) is 3.73. The van der Waals surface area contributed by atoms with Crippen molar-refractivity contribution in [1.82, 2.24) is 0 Å². The lowest BCUT2D eigenvalue weighted by molar-refractivity contribution is 0.413. The van der Waals surface area contributed by atoms with E-state index >= 15 is 0 Å². The number of hydrogen-bond donors (Lipinski definition) is 0. The topological polar surface area (TPSA) is 12.5 Å². The minimum Gasteiger partial charge on any atom is -0.497 e. The summed E-state index contributed by atoms with van der Waals surface area (Å²) in [7, 11) is 1.74. The maximum atomic E-state index is 5.42. The van der Waals surface area contributed by atoms with E-state index in [9.17, 15) is 0 Å². The van der Waals surface area contributed by atoms with Crippen molar-refractivity contribution < 1.29 is 4.74 Å². The Morgan fingerprint density at radius 1 is 1.13 bits per heavy atom. The highest BCUT2D eigenvalue weighted by molar-refractivity contribution is 5.64. The second kappa shape index (κ2) is 6.27. The summed E-state index contributed by atoms with van der Waals surface area (Å²) in [6.45, 7) is 9.08. The summed E-state index contributed by atoms with van der Waals surface area (Å²) in [6, 6.07) is 17.4. The molecule has 0 radical (unpaired) electrons. The second-order valence-corrected chi connectivity index (χ2v) is 7.16. The third kappa shape index (κ3) is 3.08. The molecule has 0 aromatic heterocycles. The summed E-state index contributed by atoms with van der Waals surface area (Å²) in [5.74, 6) is 1.52. The molecule has 3 rings (SSSR count). The van der Waals surface area contributed by atoms with Crippen molar-refractivity contribution in [1.29, 1.82) is 0 Å². The molecule has 0 saturated heterocycles. The normalized spacial score (nSPS) is 17.0. The van der Waals surface area contributed by atoms with Crippen LogP contribution in [0.4, 0.5) is 5.69 Å². The zero-order valence-electron chi connectivity index (χ0n) is 14.7. The Labute approximate surface area is 140 Å². The molecule has 23 heavy (non-hydrogen) atoms. The van der Waals surface area contributed by atoms with Crippen LogP contribution in [0.15, 0.2) is 48.5 Å². The number of nitrogens with zero attached hydrogens (tertiary/aromatic N) is 1. The van der Waals surface area contributed by atoms with Crippen molar-refractivity contribution in [2.45, 2.75) is 38.5 Å². The van der Waals surface area contributed by atoms with E-state index in [1.54, 1.807) is 7.11 Å². The monoisotopic (exact) mass is 309 g/mol. The van der Waals surface area contributed by atoms with Crippen LogP contribution < -0.4 is 9.64 Å². The van der Waals surface area contributed by atoms with E-state index in [-0.39, 0.29) is 5.41 Å². The molecule has 0 saturated carbocycles. The van der Waals surface area contributed by atoms with Crippen LogP contribution in [0.1, 0.15) is 44.2 Å². The summed E-state index contributed by atoms with van der Waals surface area (Å²) >= 11 is 0. The quantitative estimate of drug-likeness (QED) is 0.772. The standard InChI is InChI=1S/C21H27NO/c1-5-16(17-9-7-6-8-10-17)14-22-15-21(2,3)19-13-18(23-4)11-12-20(19)22/h6-13,16H,5,14-15H2,1-4H3. The Hall–Kier alpha value is -1.96. The van der Waals surface area contributed by atoms with Crippen LogP contribution in [-0.4, -0.2) is 20.2 Å². The van der Waals surface area contributed by atoms with E-state index < -0.39 is 0 Å². The number of fused-ring (bicyclic) bond motifs is 1. The number of ether oxygens (including phenoxy) is 1. The van der Waals surface area contributed by atoms with Crippen LogP contribution >= 0.6 is 0 Å². The molecule has 2 heteroatoms. The second-order valence-electron chi connectivity index (χ2n) is 7.16. The van der Waals surface area contributed by atoms with Crippen molar-refractivity contribution in [2.75, 3.05) is 25.1 Å². The number of hydrogen-bond acceptors (Lipinski definition) is 2. The van der Waals surface area contributed by atoms with Gasteiger partial charge in [0.2, 0.25) is 0 Å². The lowest BCUT2D eigenvalue weighted by Gasteiger charge is -2.27. The Kier molecular flexibility index (Phi) is 4.34. The highest BCUT2D eigenvalue weighted by Gasteiger charge is 2.36. The SMILES string of the molecule is CCC(CN1CC(C)(C)c2cc(OC)ccc21)c1ccccc1. The van der Waals surface area contributed by atoms with E-state index in [1.807, 2.05) is 0 Å². The first-order chi connectivity index (χ1) is 11.0. The molecule has 2 aromatic rings. The van der Waals surface area contributed by atoms with E-state index in [2.05, 4.69) is 74.2 Å². The molecule has 2 nitrogen and oxygen atoms in total. The zero-order valence-corrected chi connectivity index (χ0v) is 14.7. The van der Waals surface area contributed by atoms with E-state index in [4.69, 9.17) is 4.74 Å². The molecule has 0 bridgehead atoms. The van der Waals surface area contributed by atoms with Gasteiger partial charge in [-0.05, 0) is 35.7 Å². The minimum atomic E-state index is 0.166. The first-order valence-corrected chi connectivity index (χ1v) is 8.53. The predicted molar refractivity (Wildman–Crippen MR) is 97.7 cm³/mol. The molecule has 0 spiro atoms. The van der Waals surface area contributed by atoms with Crippen molar-refractivity contribution in [3.8, 4) is 5.75 Å². The average Bonchev–Trinajstić information content (AvgIpc) is 2.83. The lowest BCUT2D eigenvalue weighted by atomic mass is 9.87. The number of benzene rings is 2. The molecule has 0 fully saturated rings. The van der Waals surface area contributed by atoms with E-state index in [0.29, 0.717) is 5.92 Å². The maximum absolute atomic E-state index is 5.42. The van der Waals surface area contributed by atoms with Crippen molar-refractivity contribution in [2.24, 2.45) is 0 Å². The molecule has 1 aliphatic rings. The summed E-state index contributed by atoms with van der Waals surface area (Å²) in [5, 5.41) is 0. The van der Waals surface area contributed by atoms with Crippen LogP contribution in [0.25, 0.3) is 0 Å². The summed E-state index contributed by atoms with van der Waals surface area (Å²) in [6.07, 6.45) is 1.16. The average molecular weight is 309 g/mol. The van der Waals surface area contributed by atoms with Gasteiger partial charge in [0.25, 0.3) is 0 Å². The Morgan fingerprint density at radius 2 is 1.87 bits per heavy atom. The fourth-order valence-corrected chi connectivity index (χ4v) is 3.73. The smallest absolute Gasteiger partial charge is 0.119 e. The molecule has 2 aromatic carbocycles. The van der Waals surface area contributed by atoms with Gasteiger partial charge in [-0.15, -0.1) is 0 Å². The molecule has 0 amide bonds. The van der Waals surface area contributed by atoms with Gasteiger partial charge in [0.05, 0.1) is 7.11 Å². The molecule has 1 heterocycles.